The molecule has 0 aliphatic heterocycles. The molecule has 0 saturated carbocycles. The zero-order valence-electron chi connectivity index (χ0n) is 15.1. The van der Waals surface area contributed by atoms with Crippen molar-refractivity contribution in [3.8, 4) is 11.3 Å². The summed E-state index contributed by atoms with van der Waals surface area (Å²) in [6.07, 6.45) is -0.612. The molecule has 1 aromatic carbocycles. The number of ether oxygens (including phenoxy) is 1. The molecular formula is C18H22ClN3O3S. The fourth-order valence-electron chi connectivity index (χ4n) is 2.34. The minimum atomic E-state index is -0.711. The van der Waals surface area contributed by atoms with Crippen LogP contribution in [0.15, 0.2) is 24.3 Å². The van der Waals surface area contributed by atoms with Crippen molar-refractivity contribution in [2.75, 3.05) is 11.9 Å². The predicted molar refractivity (Wildman–Crippen MR) is 105 cm³/mol. The summed E-state index contributed by atoms with van der Waals surface area (Å²) in [7, 11) is 0. The van der Waals surface area contributed by atoms with Crippen LogP contribution in [-0.2, 0) is 9.53 Å². The average molecular weight is 396 g/mol. The molecule has 1 atom stereocenters. The van der Waals surface area contributed by atoms with E-state index in [2.05, 4.69) is 15.6 Å². The number of alkyl carbamates (subject to hydrolysis) is 1. The maximum Gasteiger partial charge on any atom is 0.407 e. The lowest BCUT2D eigenvalue weighted by atomic mass is 10.0. The van der Waals surface area contributed by atoms with Crippen molar-refractivity contribution in [2.24, 2.45) is 5.92 Å². The number of aromatic nitrogens is 1. The molecule has 0 spiro atoms. The van der Waals surface area contributed by atoms with Gasteiger partial charge in [-0.1, -0.05) is 37.6 Å². The monoisotopic (exact) mass is 395 g/mol. The molecule has 26 heavy (non-hydrogen) atoms. The van der Waals surface area contributed by atoms with Gasteiger partial charge in [0.05, 0.1) is 12.3 Å². The summed E-state index contributed by atoms with van der Waals surface area (Å²) in [6, 6.07) is 6.65. The van der Waals surface area contributed by atoms with Gasteiger partial charge in [0.2, 0.25) is 5.91 Å². The van der Waals surface area contributed by atoms with E-state index in [-0.39, 0.29) is 18.4 Å². The molecule has 1 heterocycles. The van der Waals surface area contributed by atoms with Gasteiger partial charge in [-0.05, 0) is 31.9 Å². The van der Waals surface area contributed by atoms with Crippen molar-refractivity contribution < 1.29 is 14.3 Å². The molecule has 1 aromatic heterocycles. The van der Waals surface area contributed by atoms with Crippen LogP contribution in [0, 0.1) is 12.8 Å². The standard InChI is InChI=1S/C18H22ClN3O3S/c1-5-25-18(24)21-14(10(2)3)16(23)22-17-20-15(11(4)26-17)12-6-8-13(19)9-7-12/h6-10,14H,5H2,1-4H3,(H,21,24)(H,20,22,23). The van der Waals surface area contributed by atoms with Crippen molar-refractivity contribution in [1.82, 2.24) is 10.3 Å². The lowest BCUT2D eigenvalue weighted by Gasteiger charge is -2.20. The van der Waals surface area contributed by atoms with Gasteiger partial charge in [0.25, 0.3) is 0 Å². The van der Waals surface area contributed by atoms with E-state index in [0.29, 0.717) is 10.2 Å². The number of halogens is 1. The van der Waals surface area contributed by atoms with Gasteiger partial charge < -0.3 is 15.4 Å². The minimum absolute atomic E-state index is 0.101. The second-order valence-corrected chi connectivity index (χ2v) is 7.65. The third kappa shape index (κ3) is 5.19. The van der Waals surface area contributed by atoms with Gasteiger partial charge in [-0.3, -0.25) is 4.79 Å². The lowest BCUT2D eigenvalue weighted by molar-refractivity contribution is -0.119. The summed E-state index contributed by atoms with van der Waals surface area (Å²) in [5.74, 6) is -0.430. The highest BCUT2D eigenvalue weighted by molar-refractivity contribution is 7.16. The van der Waals surface area contributed by atoms with Crippen LogP contribution in [0.2, 0.25) is 5.02 Å². The Morgan fingerprint density at radius 2 is 1.92 bits per heavy atom. The number of carbonyl (C=O) groups excluding carboxylic acids is 2. The van der Waals surface area contributed by atoms with Crippen LogP contribution in [0.25, 0.3) is 11.3 Å². The number of anilines is 1. The number of rotatable bonds is 6. The molecule has 0 aliphatic carbocycles. The number of hydrogen-bond donors (Lipinski definition) is 2. The Morgan fingerprint density at radius 3 is 2.50 bits per heavy atom. The van der Waals surface area contributed by atoms with E-state index in [0.717, 1.165) is 16.1 Å². The topological polar surface area (TPSA) is 80.3 Å². The summed E-state index contributed by atoms with van der Waals surface area (Å²) < 4.78 is 4.86. The van der Waals surface area contributed by atoms with E-state index in [4.69, 9.17) is 16.3 Å². The van der Waals surface area contributed by atoms with E-state index >= 15 is 0 Å². The van der Waals surface area contributed by atoms with Crippen molar-refractivity contribution in [1.29, 1.82) is 0 Å². The van der Waals surface area contributed by atoms with E-state index in [1.54, 1.807) is 19.1 Å². The van der Waals surface area contributed by atoms with Gasteiger partial charge in [0.1, 0.15) is 6.04 Å². The van der Waals surface area contributed by atoms with Gasteiger partial charge in [0.15, 0.2) is 5.13 Å². The molecule has 2 rings (SSSR count). The predicted octanol–water partition coefficient (Wildman–Crippen LogP) is 4.48. The Balaban J connectivity index is 2.14. The third-order valence-electron chi connectivity index (χ3n) is 3.64. The normalized spacial score (nSPS) is 11.9. The van der Waals surface area contributed by atoms with Crippen molar-refractivity contribution in [3.05, 3.63) is 34.2 Å². The smallest absolute Gasteiger partial charge is 0.407 e. The third-order valence-corrected chi connectivity index (χ3v) is 4.78. The molecule has 0 bridgehead atoms. The highest BCUT2D eigenvalue weighted by Crippen LogP contribution is 2.31. The molecule has 0 saturated heterocycles. The Kier molecular flexibility index (Phi) is 6.99. The Hall–Kier alpha value is -2.12. The molecule has 2 N–H and O–H groups in total. The quantitative estimate of drug-likeness (QED) is 0.755. The number of aryl methyl sites for hydroxylation is 1. The van der Waals surface area contributed by atoms with E-state index < -0.39 is 12.1 Å². The largest absolute Gasteiger partial charge is 0.450 e. The first kappa shape index (κ1) is 20.2. The first-order valence-electron chi connectivity index (χ1n) is 8.29. The molecule has 8 heteroatoms. The van der Waals surface area contributed by atoms with Crippen LogP contribution in [0.1, 0.15) is 25.6 Å². The van der Waals surface area contributed by atoms with Crippen LogP contribution < -0.4 is 10.6 Å². The lowest BCUT2D eigenvalue weighted by Crippen LogP contribution is -2.47. The van der Waals surface area contributed by atoms with Crippen LogP contribution in [0.5, 0.6) is 0 Å². The summed E-state index contributed by atoms with van der Waals surface area (Å²) in [5, 5.41) is 6.50. The number of nitrogens with zero attached hydrogens (tertiary/aromatic N) is 1. The van der Waals surface area contributed by atoms with Crippen molar-refractivity contribution in [2.45, 2.75) is 33.7 Å². The van der Waals surface area contributed by atoms with Crippen LogP contribution in [-0.4, -0.2) is 29.6 Å². The summed E-state index contributed by atoms with van der Waals surface area (Å²) in [4.78, 5) is 29.7. The average Bonchev–Trinajstić information content (AvgIpc) is 2.93. The van der Waals surface area contributed by atoms with Gasteiger partial charge in [-0.25, -0.2) is 9.78 Å². The van der Waals surface area contributed by atoms with E-state index in [9.17, 15) is 9.59 Å². The van der Waals surface area contributed by atoms with Gasteiger partial charge in [0, 0.05) is 15.5 Å². The Labute approximate surface area is 161 Å². The Bertz CT molecular complexity index is 774. The number of amides is 2. The SMILES string of the molecule is CCOC(=O)NC(C(=O)Nc1nc(-c2ccc(Cl)cc2)c(C)s1)C(C)C. The second kappa shape index (κ2) is 9.00. The molecule has 140 valence electrons. The molecule has 0 radical (unpaired) electrons. The maximum absolute atomic E-state index is 12.6. The molecule has 2 amide bonds. The number of carbonyl (C=O) groups is 2. The summed E-state index contributed by atoms with van der Waals surface area (Å²) in [6.45, 7) is 7.59. The number of hydrogen-bond acceptors (Lipinski definition) is 5. The molecule has 0 aliphatic rings. The van der Waals surface area contributed by atoms with Crippen LogP contribution in [0.4, 0.5) is 9.93 Å². The summed E-state index contributed by atoms with van der Waals surface area (Å²) >= 11 is 7.30. The maximum atomic E-state index is 12.6. The molecule has 1 unspecified atom stereocenters. The number of thiazole rings is 1. The zero-order chi connectivity index (χ0) is 19.3. The van der Waals surface area contributed by atoms with E-state index in [1.807, 2.05) is 32.9 Å². The van der Waals surface area contributed by atoms with Gasteiger partial charge >= 0.3 is 6.09 Å². The fraction of sp³-hybridized carbons (Fsp3) is 0.389. The highest BCUT2D eigenvalue weighted by Gasteiger charge is 2.26. The van der Waals surface area contributed by atoms with Crippen molar-refractivity contribution >= 4 is 40.1 Å². The molecule has 2 aromatic rings. The Morgan fingerprint density at radius 1 is 1.27 bits per heavy atom. The number of nitrogens with one attached hydrogen (secondary N) is 2. The first-order chi connectivity index (χ1) is 12.3. The fourth-order valence-corrected chi connectivity index (χ4v) is 3.31. The molecule has 0 fully saturated rings. The molecular weight excluding hydrogens is 374 g/mol. The highest BCUT2D eigenvalue weighted by atomic mass is 35.5. The zero-order valence-corrected chi connectivity index (χ0v) is 16.7. The van der Waals surface area contributed by atoms with Gasteiger partial charge in [-0.15, -0.1) is 11.3 Å². The minimum Gasteiger partial charge on any atom is -0.450 e. The number of benzene rings is 1. The van der Waals surface area contributed by atoms with Gasteiger partial charge in [-0.2, -0.15) is 0 Å². The van der Waals surface area contributed by atoms with Crippen LogP contribution >= 0.6 is 22.9 Å². The van der Waals surface area contributed by atoms with E-state index in [1.165, 1.54) is 11.3 Å². The van der Waals surface area contributed by atoms with Crippen LogP contribution in [0.3, 0.4) is 0 Å². The first-order valence-corrected chi connectivity index (χ1v) is 9.48. The second-order valence-electron chi connectivity index (χ2n) is 6.01. The summed E-state index contributed by atoms with van der Waals surface area (Å²) in [5.41, 5.74) is 1.72. The van der Waals surface area contributed by atoms with Crippen molar-refractivity contribution in [3.63, 3.8) is 0 Å². The molecule has 6 nitrogen and oxygen atoms in total.